The van der Waals surface area contributed by atoms with E-state index in [0.29, 0.717) is 13.0 Å². The topological polar surface area (TPSA) is 58.6 Å². The number of thioether (sulfide) groups is 1. The second-order valence-corrected chi connectivity index (χ2v) is 5.68. The van der Waals surface area contributed by atoms with Gasteiger partial charge in [0.1, 0.15) is 17.2 Å². The van der Waals surface area contributed by atoms with Gasteiger partial charge in [-0.15, -0.1) is 11.8 Å². The van der Waals surface area contributed by atoms with Gasteiger partial charge < -0.3 is 15.2 Å². The summed E-state index contributed by atoms with van der Waals surface area (Å²) in [6.45, 7) is 0.785. The molecule has 1 aliphatic heterocycles. The van der Waals surface area contributed by atoms with Crippen LogP contribution in [0.2, 0.25) is 0 Å². The Labute approximate surface area is 119 Å². The molecule has 4 nitrogen and oxygen atoms in total. The van der Waals surface area contributed by atoms with Crippen molar-refractivity contribution < 1.29 is 23.4 Å². The number of hydrogen-bond donors (Lipinski definition) is 2. The van der Waals surface area contributed by atoms with Crippen LogP contribution in [0.3, 0.4) is 0 Å². The van der Waals surface area contributed by atoms with Crippen molar-refractivity contribution in [2.45, 2.75) is 16.9 Å². The zero-order chi connectivity index (χ0) is 14.6. The van der Waals surface area contributed by atoms with Crippen molar-refractivity contribution in [1.29, 1.82) is 0 Å². The Kier molecular flexibility index (Phi) is 4.95. The summed E-state index contributed by atoms with van der Waals surface area (Å²) < 4.78 is 31.1. The highest BCUT2D eigenvalue weighted by molar-refractivity contribution is 8.00. The molecule has 0 radical (unpaired) electrons. The van der Waals surface area contributed by atoms with E-state index in [-0.39, 0.29) is 29.7 Å². The van der Waals surface area contributed by atoms with Crippen LogP contribution in [0.15, 0.2) is 23.1 Å². The van der Waals surface area contributed by atoms with Crippen LogP contribution in [-0.2, 0) is 9.53 Å². The maximum absolute atomic E-state index is 13.3. The number of aliphatic hydroxyl groups is 1. The number of halogens is 2. The van der Waals surface area contributed by atoms with E-state index in [0.717, 1.165) is 23.9 Å². The summed E-state index contributed by atoms with van der Waals surface area (Å²) in [5, 5.41) is 12.5. The third kappa shape index (κ3) is 4.16. The van der Waals surface area contributed by atoms with E-state index in [4.69, 9.17) is 4.74 Å². The average Bonchev–Trinajstić information content (AvgIpc) is 2.83. The van der Waals surface area contributed by atoms with Gasteiger partial charge in [0.25, 0.3) is 0 Å². The normalized spacial score (nSPS) is 21.9. The maximum atomic E-state index is 13.3. The standard InChI is InChI=1S/C13H15F2NO3S/c14-9-1-2-11(10(15)5-9)20-6-12(17)16-7-13(18)3-4-19-8-13/h1-2,5,18H,3-4,6-8H2,(H,16,17). The van der Waals surface area contributed by atoms with Crippen LogP contribution in [0.4, 0.5) is 8.78 Å². The van der Waals surface area contributed by atoms with Gasteiger partial charge in [0.2, 0.25) is 5.91 Å². The highest BCUT2D eigenvalue weighted by atomic mass is 32.2. The first kappa shape index (κ1) is 15.2. The fraction of sp³-hybridized carbons (Fsp3) is 0.462. The Morgan fingerprint density at radius 1 is 1.50 bits per heavy atom. The fourth-order valence-corrected chi connectivity index (χ4v) is 2.54. The second kappa shape index (κ2) is 6.51. The van der Waals surface area contributed by atoms with Crippen molar-refractivity contribution in [3.8, 4) is 0 Å². The van der Waals surface area contributed by atoms with Gasteiger partial charge in [-0.05, 0) is 12.1 Å². The van der Waals surface area contributed by atoms with E-state index < -0.39 is 17.2 Å². The van der Waals surface area contributed by atoms with E-state index >= 15 is 0 Å². The molecule has 1 aromatic rings. The van der Waals surface area contributed by atoms with E-state index in [1.54, 1.807) is 0 Å². The van der Waals surface area contributed by atoms with Crippen LogP contribution in [0.5, 0.6) is 0 Å². The zero-order valence-corrected chi connectivity index (χ0v) is 11.5. The highest BCUT2D eigenvalue weighted by Gasteiger charge is 2.32. The van der Waals surface area contributed by atoms with Crippen LogP contribution in [-0.4, -0.2) is 42.1 Å². The molecule has 0 spiro atoms. The Hall–Kier alpha value is -1.18. The van der Waals surface area contributed by atoms with Gasteiger partial charge in [-0.3, -0.25) is 4.79 Å². The first-order valence-electron chi connectivity index (χ1n) is 6.13. The third-order valence-electron chi connectivity index (χ3n) is 2.95. The lowest BCUT2D eigenvalue weighted by Crippen LogP contribution is -2.43. The van der Waals surface area contributed by atoms with Crippen molar-refractivity contribution in [1.82, 2.24) is 5.32 Å². The van der Waals surface area contributed by atoms with Crippen molar-refractivity contribution in [2.75, 3.05) is 25.5 Å². The van der Waals surface area contributed by atoms with Gasteiger partial charge in [0.05, 0.1) is 12.4 Å². The minimum Gasteiger partial charge on any atom is -0.386 e. The lowest BCUT2D eigenvalue weighted by Gasteiger charge is -2.20. The van der Waals surface area contributed by atoms with Crippen molar-refractivity contribution in [2.24, 2.45) is 0 Å². The van der Waals surface area contributed by atoms with Gasteiger partial charge in [-0.2, -0.15) is 0 Å². The smallest absolute Gasteiger partial charge is 0.230 e. The van der Waals surface area contributed by atoms with Gasteiger partial charge in [0, 0.05) is 30.5 Å². The summed E-state index contributed by atoms with van der Waals surface area (Å²) in [5.41, 5.74) is -1.01. The second-order valence-electron chi connectivity index (χ2n) is 4.67. The summed E-state index contributed by atoms with van der Waals surface area (Å²) in [6.07, 6.45) is 0.479. The molecule has 1 atom stereocenters. The fourth-order valence-electron chi connectivity index (χ4n) is 1.79. The van der Waals surface area contributed by atoms with Crippen molar-refractivity contribution in [3.05, 3.63) is 29.8 Å². The Morgan fingerprint density at radius 2 is 2.30 bits per heavy atom. The van der Waals surface area contributed by atoms with Gasteiger partial charge in [-0.1, -0.05) is 0 Å². The molecule has 110 valence electrons. The molecule has 7 heteroatoms. The van der Waals surface area contributed by atoms with E-state index in [9.17, 15) is 18.7 Å². The molecule has 1 aromatic carbocycles. The molecule has 0 aliphatic carbocycles. The summed E-state index contributed by atoms with van der Waals surface area (Å²) in [4.78, 5) is 11.8. The lowest BCUT2D eigenvalue weighted by atomic mass is 10.0. The molecule has 2 rings (SSSR count). The summed E-state index contributed by atoms with van der Waals surface area (Å²) >= 11 is 0.979. The van der Waals surface area contributed by atoms with Gasteiger partial charge in [0.15, 0.2) is 0 Å². The minimum atomic E-state index is -1.01. The molecule has 20 heavy (non-hydrogen) atoms. The molecule has 2 N–H and O–H groups in total. The third-order valence-corrected chi connectivity index (χ3v) is 4.00. The predicted octanol–water partition coefficient (Wildman–Crippen LogP) is 1.32. The summed E-state index contributed by atoms with van der Waals surface area (Å²) in [6, 6.07) is 3.21. The number of carbonyl (C=O) groups excluding carboxylic acids is 1. The molecule has 1 saturated heterocycles. The molecule has 1 aliphatic rings. The molecule has 0 aromatic heterocycles. The summed E-state index contributed by atoms with van der Waals surface area (Å²) in [5.74, 6) is -1.66. The zero-order valence-electron chi connectivity index (χ0n) is 10.7. The van der Waals surface area contributed by atoms with Crippen molar-refractivity contribution in [3.63, 3.8) is 0 Å². The average molecular weight is 303 g/mol. The largest absolute Gasteiger partial charge is 0.386 e. The minimum absolute atomic E-state index is 0.000506. The van der Waals surface area contributed by atoms with Gasteiger partial charge in [-0.25, -0.2) is 8.78 Å². The molecule has 1 fully saturated rings. The monoisotopic (exact) mass is 303 g/mol. The quantitative estimate of drug-likeness (QED) is 0.806. The van der Waals surface area contributed by atoms with E-state index in [1.165, 1.54) is 6.07 Å². The van der Waals surface area contributed by atoms with Crippen LogP contribution in [0.25, 0.3) is 0 Å². The SMILES string of the molecule is O=C(CSc1ccc(F)cc1F)NCC1(O)CCOC1. The Balaban J connectivity index is 1.77. The highest BCUT2D eigenvalue weighted by Crippen LogP contribution is 2.22. The van der Waals surface area contributed by atoms with E-state index in [1.807, 2.05) is 0 Å². The molecular weight excluding hydrogens is 288 g/mol. The number of carbonyl (C=O) groups is 1. The lowest BCUT2D eigenvalue weighted by molar-refractivity contribution is -0.119. The molecule has 1 unspecified atom stereocenters. The molecule has 1 amide bonds. The molecular formula is C13H15F2NO3S. The number of hydrogen-bond acceptors (Lipinski definition) is 4. The van der Waals surface area contributed by atoms with E-state index in [2.05, 4.69) is 5.32 Å². The van der Waals surface area contributed by atoms with Gasteiger partial charge >= 0.3 is 0 Å². The Bertz CT molecular complexity index is 493. The molecule has 1 heterocycles. The Morgan fingerprint density at radius 3 is 2.95 bits per heavy atom. The number of nitrogens with one attached hydrogen (secondary N) is 1. The van der Waals surface area contributed by atoms with Crippen molar-refractivity contribution >= 4 is 17.7 Å². The first-order chi connectivity index (χ1) is 9.48. The molecule has 0 saturated carbocycles. The maximum Gasteiger partial charge on any atom is 0.230 e. The first-order valence-corrected chi connectivity index (χ1v) is 7.12. The van der Waals surface area contributed by atoms with Crippen LogP contribution < -0.4 is 5.32 Å². The predicted molar refractivity (Wildman–Crippen MR) is 70.5 cm³/mol. The number of benzene rings is 1. The molecule has 0 bridgehead atoms. The van der Waals surface area contributed by atoms with Crippen LogP contribution in [0.1, 0.15) is 6.42 Å². The van der Waals surface area contributed by atoms with Crippen LogP contribution in [0, 0.1) is 11.6 Å². The summed E-state index contributed by atoms with van der Waals surface area (Å²) in [7, 11) is 0. The number of rotatable bonds is 5. The number of ether oxygens (including phenoxy) is 1. The van der Waals surface area contributed by atoms with Crippen LogP contribution >= 0.6 is 11.8 Å². The number of amides is 1.